The van der Waals surface area contributed by atoms with E-state index in [1.807, 2.05) is 0 Å². The van der Waals surface area contributed by atoms with E-state index in [1.165, 1.54) is 28.7 Å². The summed E-state index contributed by atoms with van der Waals surface area (Å²) in [6, 6.07) is 6.72. The summed E-state index contributed by atoms with van der Waals surface area (Å²) in [6.45, 7) is 10.0. The van der Waals surface area contributed by atoms with Gasteiger partial charge in [-0.15, -0.1) is 0 Å². The van der Waals surface area contributed by atoms with Crippen molar-refractivity contribution in [1.82, 2.24) is 5.32 Å². The largest absolute Gasteiger partial charge is 0.373 e. The molecular formula is C17H27BrN2. The fourth-order valence-electron chi connectivity index (χ4n) is 2.58. The number of benzene rings is 1. The molecule has 1 N–H and O–H groups in total. The smallest absolute Gasteiger partial charge is 0.0508 e. The molecule has 1 aromatic rings. The van der Waals surface area contributed by atoms with Gasteiger partial charge in [0.25, 0.3) is 0 Å². The molecule has 2 atom stereocenters. The number of nitrogens with one attached hydrogen (secondary N) is 1. The molecule has 1 fully saturated rings. The maximum absolute atomic E-state index is 3.72. The molecule has 1 saturated carbocycles. The highest BCUT2D eigenvalue weighted by Gasteiger charge is 2.33. The number of anilines is 1. The molecule has 0 spiro atoms. The van der Waals surface area contributed by atoms with E-state index in [2.05, 4.69) is 72.2 Å². The second-order valence-corrected chi connectivity index (χ2v) is 7.52. The summed E-state index contributed by atoms with van der Waals surface area (Å²) < 4.78 is 1.21. The molecular weight excluding hydrogens is 312 g/mol. The van der Waals surface area contributed by atoms with Gasteiger partial charge in [0.15, 0.2) is 0 Å². The molecule has 112 valence electrons. The molecule has 1 aromatic carbocycles. The Bertz CT molecular complexity index is 445. The van der Waals surface area contributed by atoms with Crippen LogP contribution in [0.2, 0.25) is 0 Å². The number of hydrogen-bond donors (Lipinski definition) is 1. The third kappa shape index (κ3) is 4.49. The molecule has 2 rings (SSSR count). The van der Waals surface area contributed by atoms with E-state index in [0.29, 0.717) is 5.92 Å². The van der Waals surface area contributed by atoms with Crippen LogP contribution in [0, 0.1) is 17.8 Å². The summed E-state index contributed by atoms with van der Waals surface area (Å²) in [5, 5.41) is 3.49. The van der Waals surface area contributed by atoms with Crippen molar-refractivity contribution in [3.05, 3.63) is 28.2 Å². The van der Waals surface area contributed by atoms with E-state index in [4.69, 9.17) is 0 Å². The Balaban J connectivity index is 1.91. The first-order valence-electron chi connectivity index (χ1n) is 7.67. The van der Waals surface area contributed by atoms with Gasteiger partial charge in [-0.25, -0.2) is 0 Å². The molecule has 0 aromatic heterocycles. The van der Waals surface area contributed by atoms with E-state index in [1.54, 1.807) is 0 Å². The normalized spacial score (nSPS) is 21.3. The SMILES string of the molecule is CC(C)CNCc1ccc(N(C)CC2CC2C)c(Br)c1. The highest BCUT2D eigenvalue weighted by Crippen LogP contribution is 2.39. The van der Waals surface area contributed by atoms with E-state index >= 15 is 0 Å². The quantitative estimate of drug-likeness (QED) is 0.797. The van der Waals surface area contributed by atoms with Gasteiger partial charge in [-0.2, -0.15) is 0 Å². The van der Waals surface area contributed by atoms with Gasteiger partial charge in [-0.1, -0.05) is 26.8 Å². The number of hydrogen-bond acceptors (Lipinski definition) is 2. The van der Waals surface area contributed by atoms with Crippen molar-refractivity contribution in [2.24, 2.45) is 17.8 Å². The molecule has 0 heterocycles. The number of halogens is 1. The van der Waals surface area contributed by atoms with Crippen LogP contribution < -0.4 is 10.2 Å². The van der Waals surface area contributed by atoms with Crippen molar-refractivity contribution in [1.29, 1.82) is 0 Å². The zero-order chi connectivity index (χ0) is 14.7. The van der Waals surface area contributed by atoms with Crippen molar-refractivity contribution >= 4 is 21.6 Å². The van der Waals surface area contributed by atoms with Crippen LogP contribution in [0.5, 0.6) is 0 Å². The first-order valence-corrected chi connectivity index (χ1v) is 8.47. The van der Waals surface area contributed by atoms with E-state index in [-0.39, 0.29) is 0 Å². The molecule has 0 amide bonds. The Morgan fingerprint density at radius 2 is 2.10 bits per heavy atom. The summed E-state index contributed by atoms with van der Waals surface area (Å²) in [5.41, 5.74) is 2.64. The highest BCUT2D eigenvalue weighted by molar-refractivity contribution is 9.10. The monoisotopic (exact) mass is 338 g/mol. The average Bonchev–Trinajstić information content (AvgIpc) is 3.04. The lowest BCUT2D eigenvalue weighted by Gasteiger charge is -2.21. The molecule has 0 bridgehead atoms. The Morgan fingerprint density at radius 1 is 1.40 bits per heavy atom. The summed E-state index contributed by atoms with van der Waals surface area (Å²) >= 11 is 3.72. The lowest BCUT2D eigenvalue weighted by Crippen LogP contribution is -2.21. The van der Waals surface area contributed by atoms with Gasteiger partial charge in [0.2, 0.25) is 0 Å². The second-order valence-electron chi connectivity index (χ2n) is 6.66. The molecule has 1 aliphatic carbocycles. The lowest BCUT2D eigenvalue weighted by atomic mass is 10.1. The van der Waals surface area contributed by atoms with E-state index in [0.717, 1.165) is 24.9 Å². The minimum Gasteiger partial charge on any atom is -0.373 e. The van der Waals surface area contributed by atoms with Gasteiger partial charge in [-0.05, 0) is 64.3 Å². The van der Waals surface area contributed by atoms with Crippen molar-refractivity contribution in [3.8, 4) is 0 Å². The number of rotatable bonds is 7. The number of nitrogens with zero attached hydrogens (tertiary/aromatic N) is 1. The maximum atomic E-state index is 3.72. The van der Waals surface area contributed by atoms with Crippen LogP contribution in [0.1, 0.15) is 32.8 Å². The fraction of sp³-hybridized carbons (Fsp3) is 0.647. The summed E-state index contributed by atoms with van der Waals surface area (Å²) in [5.74, 6) is 2.50. The maximum Gasteiger partial charge on any atom is 0.0508 e. The first kappa shape index (κ1) is 15.8. The van der Waals surface area contributed by atoms with Gasteiger partial charge >= 0.3 is 0 Å². The highest BCUT2D eigenvalue weighted by atomic mass is 79.9. The molecule has 3 heteroatoms. The standard InChI is InChI=1S/C17H27BrN2/c1-12(2)9-19-10-14-5-6-17(16(18)8-14)20(4)11-15-7-13(15)3/h5-6,8,12-13,15,19H,7,9-11H2,1-4H3. The van der Waals surface area contributed by atoms with Crippen molar-refractivity contribution < 1.29 is 0 Å². The van der Waals surface area contributed by atoms with E-state index < -0.39 is 0 Å². The molecule has 0 saturated heterocycles. The minimum atomic E-state index is 0.698. The van der Waals surface area contributed by atoms with Gasteiger partial charge in [0.05, 0.1) is 5.69 Å². The third-order valence-electron chi connectivity index (χ3n) is 4.09. The Hall–Kier alpha value is -0.540. The predicted octanol–water partition coefficient (Wildman–Crippen LogP) is 4.29. The summed E-state index contributed by atoms with van der Waals surface area (Å²) in [6.07, 6.45) is 1.39. The lowest BCUT2D eigenvalue weighted by molar-refractivity contribution is 0.552. The zero-order valence-electron chi connectivity index (χ0n) is 13.1. The van der Waals surface area contributed by atoms with Crippen LogP contribution in [-0.2, 0) is 6.54 Å². The van der Waals surface area contributed by atoms with Gasteiger partial charge in [-0.3, -0.25) is 0 Å². The van der Waals surface area contributed by atoms with Gasteiger partial charge < -0.3 is 10.2 Å². The summed E-state index contributed by atoms with van der Waals surface area (Å²) in [4.78, 5) is 2.38. The summed E-state index contributed by atoms with van der Waals surface area (Å²) in [7, 11) is 2.20. The molecule has 20 heavy (non-hydrogen) atoms. The van der Waals surface area contributed by atoms with Gasteiger partial charge in [0.1, 0.15) is 0 Å². The Kier molecular flexibility index (Phi) is 5.50. The van der Waals surface area contributed by atoms with Crippen LogP contribution in [0.4, 0.5) is 5.69 Å². The minimum absolute atomic E-state index is 0.698. The topological polar surface area (TPSA) is 15.3 Å². The van der Waals surface area contributed by atoms with Crippen LogP contribution in [0.25, 0.3) is 0 Å². The second kappa shape index (κ2) is 6.95. The predicted molar refractivity (Wildman–Crippen MR) is 91.2 cm³/mol. The van der Waals surface area contributed by atoms with E-state index in [9.17, 15) is 0 Å². The van der Waals surface area contributed by atoms with Gasteiger partial charge in [0, 0.05) is 24.6 Å². The third-order valence-corrected chi connectivity index (χ3v) is 4.72. The fourth-order valence-corrected chi connectivity index (χ4v) is 3.31. The first-order chi connectivity index (χ1) is 9.47. The Morgan fingerprint density at radius 3 is 2.65 bits per heavy atom. The van der Waals surface area contributed by atoms with Crippen LogP contribution in [0.3, 0.4) is 0 Å². The van der Waals surface area contributed by atoms with Crippen molar-refractivity contribution in [2.75, 3.05) is 25.0 Å². The van der Waals surface area contributed by atoms with Crippen molar-refractivity contribution in [2.45, 2.75) is 33.7 Å². The Labute approximate surface area is 132 Å². The molecule has 2 unspecified atom stereocenters. The molecule has 2 nitrogen and oxygen atoms in total. The molecule has 0 aliphatic heterocycles. The van der Waals surface area contributed by atoms with Crippen LogP contribution in [-0.4, -0.2) is 20.1 Å². The van der Waals surface area contributed by atoms with Crippen LogP contribution >= 0.6 is 15.9 Å². The average molecular weight is 339 g/mol. The molecule has 0 radical (unpaired) electrons. The zero-order valence-corrected chi connectivity index (χ0v) is 14.7. The molecule has 1 aliphatic rings. The van der Waals surface area contributed by atoms with Crippen molar-refractivity contribution in [3.63, 3.8) is 0 Å². The van der Waals surface area contributed by atoms with Crippen LogP contribution in [0.15, 0.2) is 22.7 Å².